The molecule has 0 radical (unpaired) electrons. The lowest BCUT2D eigenvalue weighted by Gasteiger charge is -2.13. The van der Waals surface area contributed by atoms with E-state index < -0.39 is 0 Å². The number of nitrogens with zero attached hydrogens (tertiary/aromatic N) is 3. The highest BCUT2D eigenvalue weighted by molar-refractivity contribution is 8.00. The second-order valence-electron chi connectivity index (χ2n) is 6.24. The summed E-state index contributed by atoms with van der Waals surface area (Å²) in [6, 6.07) is 9.81. The number of anilines is 1. The summed E-state index contributed by atoms with van der Waals surface area (Å²) in [5.74, 6) is 1.50. The standard InChI is InChI=1S/C20H24N4O2S/c1-5-15-7-9-16(10-8-15)21-19(25)14(4)27-20-23-22-18(24(20)6-2)17-11-12-26-13(17)3/h7-12,14H,5-6H2,1-4H3,(H,21,25)/t14-/m1/s1. The van der Waals surface area contributed by atoms with Gasteiger partial charge >= 0.3 is 0 Å². The molecule has 6 nitrogen and oxygen atoms in total. The smallest absolute Gasteiger partial charge is 0.237 e. The van der Waals surface area contributed by atoms with Gasteiger partial charge in [0.15, 0.2) is 11.0 Å². The van der Waals surface area contributed by atoms with Gasteiger partial charge in [-0.1, -0.05) is 30.8 Å². The molecule has 2 aromatic heterocycles. The maximum Gasteiger partial charge on any atom is 0.237 e. The molecule has 27 heavy (non-hydrogen) atoms. The maximum atomic E-state index is 12.6. The number of carbonyl (C=O) groups excluding carboxylic acids is 1. The molecule has 3 rings (SSSR count). The number of nitrogens with one attached hydrogen (secondary N) is 1. The lowest BCUT2D eigenvalue weighted by molar-refractivity contribution is -0.115. The van der Waals surface area contributed by atoms with Crippen LogP contribution in [-0.4, -0.2) is 25.9 Å². The van der Waals surface area contributed by atoms with E-state index in [-0.39, 0.29) is 11.2 Å². The number of benzene rings is 1. The highest BCUT2D eigenvalue weighted by Gasteiger charge is 2.21. The van der Waals surface area contributed by atoms with Crippen molar-refractivity contribution in [1.29, 1.82) is 0 Å². The van der Waals surface area contributed by atoms with E-state index in [4.69, 9.17) is 4.42 Å². The van der Waals surface area contributed by atoms with Crippen molar-refractivity contribution in [3.63, 3.8) is 0 Å². The molecule has 0 bridgehead atoms. The Morgan fingerprint density at radius 3 is 2.56 bits per heavy atom. The van der Waals surface area contributed by atoms with Crippen molar-refractivity contribution in [1.82, 2.24) is 14.8 Å². The lowest BCUT2D eigenvalue weighted by Crippen LogP contribution is -2.23. The van der Waals surface area contributed by atoms with Gasteiger partial charge in [0, 0.05) is 12.2 Å². The second kappa shape index (κ2) is 8.43. The Morgan fingerprint density at radius 2 is 1.96 bits per heavy atom. The van der Waals surface area contributed by atoms with Gasteiger partial charge in [0.25, 0.3) is 0 Å². The van der Waals surface area contributed by atoms with Gasteiger partial charge in [-0.3, -0.25) is 4.79 Å². The molecule has 7 heteroatoms. The molecule has 0 aliphatic carbocycles. The van der Waals surface area contributed by atoms with Gasteiger partial charge in [-0.2, -0.15) is 0 Å². The van der Waals surface area contributed by atoms with Crippen molar-refractivity contribution < 1.29 is 9.21 Å². The maximum absolute atomic E-state index is 12.6. The topological polar surface area (TPSA) is 73.0 Å². The summed E-state index contributed by atoms with van der Waals surface area (Å²) in [5.41, 5.74) is 2.97. The van der Waals surface area contributed by atoms with Crippen molar-refractivity contribution >= 4 is 23.4 Å². The minimum atomic E-state index is -0.302. The summed E-state index contributed by atoms with van der Waals surface area (Å²) in [4.78, 5) is 12.6. The van der Waals surface area contributed by atoms with Crippen LogP contribution in [0.15, 0.2) is 46.2 Å². The largest absolute Gasteiger partial charge is 0.469 e. The zero-order valence-corrected chi connectivity index (χ0v) is 16.8. The van der Waals surface area contributed by atoms with E-state index in [0.717, 1.165) is 34.4 Å². The lowest BCUT2D eigenvalue weighted by atomic mass is 10.1. The van der Waals surface area contributed by atoms with Crippen LogP contribution in [-0.2, 0) is 17.8 Å². The SMILES string of the molecule is CCc1ccc(NC(=O)[C@@H](C)Sc2nnc(-c3ccoc3C)n2CC)cc1. The molecule has 0 aliphatic heterocycles. The van der Waals surface area contributed by atoms with Crippen molar-refractivity contribution in [2.45, 2.75) is 51.1 Å². The fraction of sp³-hybridized carbons (Fsp3) is 0.350. The van der Waals surface area contributed by atoms with E-state index in [1.54, 1.807) is 6.26 Å². The Hall–Kier alpha value is -2.54. The number of rotatable bonds is 7. The van der Waals surface area contributed by atoms with Crippen LogP contribution in [0.2, 0.25) is 0 Å². The van der Waals surface area contributed by atoms with E-state index in [2.05, 4.69) is 22.4 Å². The van der Waals surface area contributed by atoms with Crippen molar-refractivity contribution in [3.05, 3.63) is 47.9 Å². The molecule has 0 aliphatic rings. The van der Waals surface area contributed by atoms with Crippen LogP contribution in [0.4, 0.5) is 5.69 Å². The van der Waals surface area contributed by atoms with Crippen molar-refractivity contribution in [2.24, 2.45) is 0 Å². The molecule has 142 valence electrons. The molecule has 1 amide bonds. The molecular formula is C20H24N4O2S. The molecule has 1 N–H and O–H groups in total. The van der Waals surface area contributed by atoms with Gasteiger partial charge in [-0.05, 0) is 51.0 Å². The van der Waals surface area contributed by atoms with Crippen LogP contribution in [0.5, 0.6) is 0 Å². The van der Waals surface area contributed by atoms with Crippen molar-refractivity contribution in [3.8, 4) is 11.4 Å². The first kappa shape index (κ1) is 19.2. The summed E-state index contributed by atoms with van der Waals surface area (Å²) in [7, 11) is 0. The first-order valence-corrected chi connectivity index (χ1v) is 9.95. The summed E-state index contributed by atoms with van der Waals surface area (Å²) in [5, 5.41) is 12.0. The van der Waals surface area contributed by atoms with Crippen molar-refractivity contribution in [2.75, 3.05) is 5.32 Å². The van der Waals surface area contributed by atoms with E-state index in [0.29, 0.717) is 6.54 Å². The first-order valence-electron chi connectivity index (χ1n) is 9.07. The van der Waals surface area contributed by atoms with Gasteiger partial charge in [-0.25, -0.2) is 0 Å². The number of hydrogen-bond donors (Lipinski definition) is 1. The molecule has 2 heterocycles. The molecule has 0 spiro atoms. The number of hydrogen-bond acceptors (Lipinski definition) is 5. The Morgan fingerprint density at radius 1 is 1.22 bits per heavy atom. The minimum Gasteiger partial charge on any atom is -0.469 e. The molecule has 0 saturated heterocycles. The van der Waals surface area contributed by atoms with Crippen LogP contribution in [0.1, 0.15) is 32.1 Å². The van der Waals surface area contributed by atoms with Gasteiger partial charge in [0.05, 0.1) is 17.1 Å². The molecule has 1 atom stereocenters. The van der Waals surface area contributed by atoms with E-state index in [1.165, 1.54) is 17.3 Å². The molecule has 3 aromatic rings. The average Bonchev–Trinajstić information content (AvgIpc) is 3.27. The Balaban J connectivity index is 1.71. The fourth-order valence-corrected chi connectivity index (χ4v) is 3.67. The second-order valence-corrected chi connectivity index (χ2v) is 7.55. The Kier molecular flexibility index (Phi) is 6.01. The Bertz CT molecular complexity index is 914. The van der Waals surface area contributed by atoms with Crippen LogP contribution in [0.3, 0.4) is 0 Å². The third-order valence-corrected chi connectivity index (χ3v) is 5.49. The summed E-state index contributed by atoms with van der Waals surface area (Å²) in [6.07, 6.45) is 2.62. The number of thioether (sulfide) groups is 1. The van der Waals surface area contributed by atoms with Gasteiger partial charge in [0.1, 0.15) is 5.76 Å². The van der Waals surface area contributed by atoms with E-state index >= 15 is 0 Å². The Labute approximate surface area is 163 Å². The highest BCUT2D eigenvalue weighted by atomic mass is 32.2. The van der Waals surface area contributed by atoms with Crippen LogP contribution in [0.25, 0.3) is 11.4 Å². The van der Waals surface area contributed by atoms with Crippen LogP contribution >= 0.6 is 11.8 Å². The van der Waals surface area contributed by atoms with Crippen LogP contribution in [0, 0.1) is 6.92 Å². The third-order valence-electron chi connectivity index (χ3n) is 4.41. The van der Waals surface area contributed by atoms with Gasteiger partial charge in [0.2, 0.25) is 5.91 Å². The highest BCUT2D eigenvalue weighted by Crippen LogP contribution is 2.29. The predicted octanol–water partition coefficient (Wildman–Crippen LogP) is 4.55. The van der Waals surface area contributed by atoms with E-state index in [9.17, 15) is 4.79 Å². The predicted molar refractivity (Wildman–Crippen MR) is 108 cm³/mol. The average molecular weight is 385 g/mol. The summed E-state index contributed by atoms with van der Waals surface area (Å²) < 4.78 is 7.38. The molecule has 0 unspecified atom stereocenters. The van der Waals surface area contributed by atoms with E-state index in [1.807, 2.05) is 55.7 Å². The number of aryl methyl sites for hydroxylation is 2. The molecule has 0 saturated carbocycles. The number of carbonyl (C=O) groups is 1. The zero-order chi connectivity index (χ0) is 19.4. The molecule has 1 aromatic carbocycles. The monoisotopic (exact) mass is 384 g/mol. The summed E-state index contributed by atoms with van der Waals surface area (Å²) >= 11 is 1.40. The third kappa shape index (κ3) is 4.24. The zero-order valence-electron chi connectivity index (χ0n) is 16.0. The van der Waals surface area contributed by atoms with Crippen LogP contribution < -0.4 is 5.32 Å². The molecular weight excluding hydrogens is 360 g/mol. The minimum absolute atomic E-state index is 0.0593. The number of amides is 1. The fourth-order valence-electron chi connectivity index (χ4n) is 2.76. The molecule has 0 fully saturated rings. The number of aromatic nitrogens is 3. The van der Waals surface area contributed by atoms with Gasteiger partial charge < -0.3 is 14.3 Å². The normalized spacial score (nSPS) is 12.1. The van der Waals surface area contributed by atoms with Gasteiger partial charge in [-0.15, -0.1) is 10.2 Å². The first-order chi connectivity index (χ1) is 13.0. The number of furan rings is 1. The quantitative estimate of drug-likeness (QED) is 0.605. The summed E-state index contributed by atoms with van der Waals surface area (Å²) in [6.45, 7) is 8.62.